The third-order valence-electron chi connectivity index (χ3n) is 6.26. The molecule has 37 heavy (non-hydrogen) atoms. The molecule has 1 N–H and O–H groups in total. The van der Waals surface area contributed by atoms with E-state index in [1.54, 1.807) is 21.7 Å². The second kappa shape index (κ2) is 9.68. The van der Waals surface area contributed by atoms with Gasteiger partial charge in [-0.2, -0.15) is 4.98 Å². The number of carbonyl (C=O) groups excluding carboxylic acids is 2. The molecule has 1 aromatic carbocycles. The number of anilines is 1. The lowest BCUT2D eigenvalue weighted by atomic mass is 10.1. The highest BCUT2D eigenvalue weighted by Crippen LogP contribution is 2.26. The van der Waals surface area contributed by atoms with Crippen molar-refractivity contribution < 1.29 is 18.8 Å². The van der Waals surface area contributed by atoms with E-state index < -0.39 is 5.60 Å². The molecule has 1 saturated heterocycles. The number of nitrogens with zero attached hydrogens (tertiary/aromatic N) is 5. The molecular formula is C27H30N6O4. The number of pyridine rings is 1. The normalized spacial score (nSPS) is 15.8. The molecule has 1 aliphatic rings. The largest absolute Gasteiger partial charge is 0.444 e. The number of nitrogens with one attached hydrogen (secondary N) is 1. The molecule has 192 valence electrons. The minimum Gasteiger partial charge on any atom is -0.444 e. The van der Waals surface area contributed by atoms with Gasteiger partial charge < -0.3 is 19.5 Å². The molecule has 0 saturated carbocycles. The van der Waals surface area contributed by atoms with Gasteiger partial charge in [0, 0.05) is 37.0 Å². The van der Waals surface area contributed by atoms with Crippen molar-refractivity contribution in [3.63, 3.8) is 0 Å². The van der Waals surface area contributed by atoms with E-state index in [0.717, 1.165) is 17.5 Å². The van der Waals surface area contributed by atoms with Crippen LogP contribution in [0.3, 0.4) is 0 Å². The van der Waals surface area contributed by atoms with Crippen LogP contribution in [-0.2, 0) is 11.2 Å². The summed E-state index contributed by atoms with van der Waals surface area (Å²) in [6, 6.07) is 11.2. The van der Waals surface area contributed by atoms with Gasteiger partial charge in [-0.25, -0.2) is 9.78 Å². The SMILES string of the molecule is Cc1ccc(-c2noc(C[C@@H]3CCN(C(=O)OC(C)(C)C)C3)n2)cc1NC(=O)c1cnc2ccccn12. The lowest BCUT2D eigenvalue weighted by Gasteiger charge is -2.24. The van der Waals surface area contributed by atoms with E-state index in [1.807, 2.05) is 64.1 Å². The number of aromatic nitrogens is 4. The van der Waals surface area contributed by atoms with Crippen molar-refractivity contribution in [2.75, 3.05) is 18.4 Å². The second-order valence-corrected chi connectivity index (χ2v) is 10.4. The van der Waals surface area contributed by atoms with Gasteiger partial charge in [0.15, 0.2) is 0 Å². The Hall–Kier alpha value is -4.21. The third kappa shape index (κ3) is 5.47. The number of imidazole rings is 1. The van der Waals surface area contributed by atoms with E-state index in [-0.39, 0.29) is 17.9 Å². The maximum Gasteiger partial charge on any atom is 0.410 e. The Balaban J connectivity index is 1.25. The monoisotopic (exact) mass is 502 g/mol. The van der Waals surface area contributed by atoms with Crippen LogP contribution in [0.4, 0.5) is 10.5 Å². The predicted molar refractivity (Wildman–Crippen MR) is 137 cm³/mol. The fraction of sp³-hybridized carbons (Fsp3) is 0.370. The molecule has 1 aliphatic heterocycles. The van der Waals surface area contributed by atoms with E-state index in [9.17, 15) is 9.59 Å². The molecule has 2 amide bonds. The van der Waals surface area contributed by atoms with Crippen LogP contribution in [0.2, 0.25) is 0 Å². The van der Waals surface area contributed by atoms with Crippen LogP contribution >= 0.6 is 0 Å². The lowest BCUT2D eigenvalue weighted by Crippen LogP contribution is -2.35. The highest BCUT2D eigenvalue weighted by molar-refractivity contribution is 6.04. The molecule has 5 rings (SSSR count). The van der Waals surface area contributed by atoms with E-state index in [4.69, 9.17) is 9.26 Å². The van der Waals surface area contributed by atoms with Crippen molar-refractivity contribution in [3.05, 3.63) is 65.9 Å². The van der Waals surface area contributed by atoms with Crippen molar-refractivity contribution in [3.8, 4) is 11.4 Å². The first-order chi connectivity index (χ1) is 17.7. The quantitative estimate of drug-likeness (QED) is 0.419. The van der Waals surface area contributed by atoms with Gasteiger partial charge in [0.05, 0.1) is 6.20 Å². The Kier molecular flexibility index (Phi) is 6.41. The van der Waals surface area contributed by atoms with Gasteiger partial charge in [0.25, 0.3) is 5.91 Å². The Morgan fingerprint density at radius 1 is 1.22 bits per heavy atom. The van der Waals surface area contributed by atoms with Crippen LogP contribution < -0.4 is 5.32 Å². The molecule has 0 unspecified atom stereocenters. The van der Waals surface area contributed by atoms with Gasteiger partial charge >= 0.3 is 6.09 Å². The summed E-state index contributed by atoms with van der Waals surface area (Å²) in [6.07, 6.45) is 4.50. The van der Waals surface area contributed by atoms with E-state index in [1.165, 1.54) is 0 Å². The first-order valence-corrected chi connectivity index (χ1v) is 12.3. The summed E-state index contributed by atoms with van der Waals surface area (Å²) in [4.78, 5) is 35.9. The van der Waals surface area contributed by atoms with Crippen molar-refractivity contribution in [2.45, 2.75) is 46.1 Å². The van der Waals surface area contributed by atoms with Gasteiger partial charge in [0.2, 0.25) is 11.7 Å². The standard InChI is InChI=1S/C27H30N6O4/c1-17-8-9-19(14-20(17)29-25(34)21-15-28-22-7-5-6-11-33(21)22)24-30-23(37-31-24)13-18-10-12-32(16-18)26(35)36-27(2,3)4/h5-9,11,14-15,18H,10,12-13,16H2,1-4H3,(H,29,34)/t18-/m0/s1. The minimum absolute atomic E-state index is 0.221. The number of hydrogen-bond acceptors (Lipinski definition) is 7. The van der Waals surface area contributed by atoms with E-state index in [0.29, 0.717) is 48.3 Å². The van der Waals surface area contributed by atoms with Crippen molar-refractivity contribution in [1.29, 1.82) is 0 Å². The van der Waals surface area contributed by atoms with Gasteiger partial charge in [-0.3, -0.25) is 9.20 Å². The molecular weight excluding hydrogens is 472 g/mol. The summed E-state index contributed by atoms with van der Waals surface area (Å²) in [5.41, 5.74) is 2.92. The van der Waals surface area contributed by atoms with E-state index in [2.05, 4.69) is 20.4 Å². The smallest absolute Gasteiger partial charge is 0.410 e. The molecule has 1 atom stereocenters. The maximum absolute atomic E-state index is 13.0. The fourth-order valence-electron chi connectivity index (χ4n) is 4.38. The summed E-state index contributed by atoms with van der Waals surface area (Å²) >= 11 is 0. The number of likely N-dealkylation sites (tertiary alicyclic amines) is 1. The summed E-state index contributed by atoms with van der Waals surface area (Å²) in [5.74, 6) is 0.924. The van der Waals surface area contributed by atoms with Crippen LogP contribution in [0.15, 0.2) is 53.3 Å². The molecule has 4 aromatic rings. The lowest BCUT2D eigenvalue weighted by molar-refractivity contribution is 0.0287. The summed E-state index contributed by atoms with van der Waals surface area (Å²) in [6.45, 7) is 8.75. The van der Waals surface area contributed by atoms with Crippen LogP contribution in [0.5, 0.6) is 0 Å². The Bertz CT molecular complexity index is 1450. The van der Waals surface area contributed by atoms with Crippen molar-refractivity contribution in [1.82, 2.24) is 24.4 Å². The van der Waals surface area contributed by atoms with Crippen LogP contribution in [0.25, 0.3) is 17.0 Å². The first kappa shape index (κ1) is 24.5. The highest BCUT2D eigenvalue weighted by Gasteiger charge is 2.31. The zero-order valence-corrected chi connectivity index (χ0v) is 21.4. The zero-order valence-electron chi connectivity index (χ0n) is 21.4. The van der Waals surface area contributed by atoms with Crippen LogP contribution in [-0.4, -0.2) is 55.1 Å². The number of ether oxygens (including phenoxy) is 1. The molecule has 0 spiro atoms. The minimum atomic E-state index is -0.518. The van der Waals surface area contributed by atoms with Gasteiger partial charge in [-0.05, 0) is 63.8 Å². The average Bonchev–Trinajstić information content (AvgIpc) is 3.59. The molecule has 1 fully saturated rings. The molecule has 0 radical (unpaired) electrons. The molecule has 0 aliphatic carbocycles. The number of rotatable bonds is 5. The zero-order chi connectivity index (χ0) is 26.2. The van der Waals surface area contributed by atoms with Gasteiger partial charge in [-0.15, -0.1) is 0 Å². The number of aryl methyl sites for hydroxylation is 1. The Labute approximate surface area is 214 Å². The topological polar surface area (TPSA) is 115 Å². The van der Waals surface area contributed by atoms with Crippen LogP contribution in [0, 0.1) is 12.8 Å². The Morgan fingerprint density at radius 2 is 2.05 bits per heavy atom. The fourth-order valence-corrected chi connectivity index (χ4v) is 4.38. The third-order valence-corrected chi connectivity index (χ3v) is 6.26. The number of amides is 2. The number of benzene rings is 1. The number of hydrogen-bond donors (Lipinski definition) is 1. The maximum atomic E-state index is 13.0. The predicted octanol–water partition coefficient (Wildman–Crippen LogP) is 4.74. The van der Waals surface area contributed by atoms with Crippen LogP contribution in [0.1, 0.15) is 49.1 Å². The van der Waals surface area contributed by atoms with Gasteiger partial charge in [-0.1, -0.05) is 23.4 Å². The summed E-state index contributed by atoms with van der Waals surface area (Å²) in [5, 5.41) is 7.13. The molecule has 0 bridgehead atoms. The van der Waals surface area contributed by atoms with Crippen molar-refractivity contribution in [2.24, 2.45) is 5.92 Å². The average molecular weight is 503 g/mol. The molecule has 4 heterocycles. The van der Waals surface area contributed by atoms with Gasteiger partial charge in [0.1, 0.15) is 16.9 Å². The molecule has 10 nitrogen and oxygen atoms in total. The number of carbonyl (C=O) groups is 2. The van der Waals surface area contributed by atoms with Crippen molar-refractivity contribution >= 4 is 23.3 Å². The highest BCUT2D eigenvalue weighted by atomic mass is 16.6. The molecule has 10 heteroatoms. The number of fused-ring (bicyclic) bond motifs is 1. The summed E-state index contributed by atoms with van der Waals surface area (Å²) in [7, 11) is 0. The molecule has 3 aromatic heterocycles. The summed E-state index contributed by atoms with van der Waals surface area (Å²) < 4.78 is 12.7. The first-order valence-electron chi connectivity index (χ1n) is 12.3. The second-order valence-electron chi connectivity index (χ2n) is 10.4. The van der Waals surface area contributed by atoms with E-state index >= 15 is 0 Å². The Morgan fingerprint density at radius 3 is 2.86 bits per heavy atom.